The molecule has 0 radical (unpaired) electrons. The SMILES string of the molecule is O=C(O)[C@@H]1C2C=CC(C2)[C@@H]1C(=O)N(CCCO)C1CCC1. The van der Waals surface area contributed by atoms with E-state index in [2.05, 4.69) is 0 Å². The maximum atomic E-state index is 12.9. The summed E-state index contributed by atoms with van der Waals surface area (Å²) in [4.78, 5) is 26.3. The maximum absolute atomic E-state index is 12.9. The molecule has 2 bridgehead atoms. The number of aliphatic carboxylic acids is 1. The van der Waals surface area contributed by atoms with Gasteiger partial charge in [-0.1, -0.05) is 12.2 Å². The highest BCUT2D eigenvalue weighted by Gasteiger charge is 2.53. The molecule has 0 spiro atoms. The summed E-state index contributed by atoms with van der Waals surface area (Å²) in [5.41, 5.74) is 0. The Hall–Kier alpha value is -1.36. The number of fused-ring (bicyclic) bond motifs is 2. The van der Waals surface area contributed by atoms with E-state index in [9.17, 15) is 14.7 Å². The molecule has 0 aromatic carbocycles. The summed E-state index contributed by atoms with van der Waals surface area (Å²) in [6.07, 6.45) is 8.50. The van der Waals surface area contributed by atoms with Crippen molar-refractivity contribution in [3.05, 3.63) is 12.2 Å². The van der Waals surface area contributed by atoms with Crippen molar-refractivity contribution in [3.8, 4) is 0 Å². The predicted octanol–water partition coefficient (Wildman–Crippen LogP) is 1.27. The summed E-state index contributed by atoms with van der Waals surface area (Å²) in [5.74, 6) is -1.72. The van der Waals surface area contributed by atoms with Crippen LogP contribution in [-0.2, 0) is 9.59 Å². The van der Waals surface area contributed by atoms with Gasteiger partial charge in [-0.15, -0.1) is 0 Å². The quantitative estimate of drug-likeness (QED) is 0.723. The van der Waals surface area contributed by atoms with Crippen molar-refractivity contribution in [1.29, 1.82) is 0 Å². The fourth-order valence-electron chi connectivity index (χ4n) is 4.10. The molecule has 116 valence electrons. The van der Waals surface area contributed by atoms with Crippen LogP contribution in [0.3, 0.4) is 0 Å². The lowest BCUT2D eigenvalue weighted by molar-refractivity contribution is -0.153. The molecule has 4 atom stereocenters. The van der Waals surface area contributed by atoms with Gasteiger partial charge in [-0.05, 0) is 43.9 Å². The Morgan fingerprint density at radius 1 is 1.14 bits per heavy atom. The molecule has 0 aliphatic heterocycles. The van der Waals surface area contributed by atoms with Gasteiger partial charge in [-0.3, -0.25) is 9.59 Å². The lowest BCUT2D eigenvalue weighted by Gasteiger charge is -2.40. The molecule has 21 heavy (non-hydrogen) atoms. The monoisotopic (exact) mass is 293 g/mol. The van der Waals surface area contributed by atoms with E-state index in [1.165, 1.54) is 0 Å². The van der Waals surface area contributed by atoms with Gasteiger partial charge in [-0.2, -0.15) is 0 Å². The summed E-state index contributed by atoms with van der Waals surface area (Å²) in [6, 6.07) is 0.251. The van der Waals surface area contributed by atoms with E-state index in [0.717, 1.165) is 25.7 Å². The van der Waals surface area contributed by atoms with Crippen LogP contribution in [0.2, 0.25) is 0 Å². The molecule has 0 heterocycles. The van der Waals surface area contributed by atoms with Crippen LogP contribution in [0.5, 0.6) is 0 Å². The third-order valence-corrected chi connectivity index (χ3v) is 5.39. The van der Waals surface area contributed by atoms with Gasteiger partial charge < -0.3 is 15.1 Å². The van der Waals surface area contributed by atoms with E-state index < -0.39 is 17.8 Å². The van der Waals surface area contributed by atoms with Gasteiger partial charge in [0.25, 0.3) is 0 Å². The Morgan fingerprint density at radius 3 is 2.33 bits per heavy atom. The number of allylic oxidation sites excluding steroid dienone is 2. The van der Waals surface area contributed by atoms with Crippen LogP contribution in [0.1, 0.15) is 32.1 Å². The van der Waals surface area contributed by atoms with Gasteiger partial charge in [-0.25, -0.2) is 0 Å². The number of rotatable bonds is 6. The highest BCUT2D eigenvalue weighted by atomic mass is 16.4. The maximum Gasteiger partial charge on any atom is 0.307 e. The molecule has 0 aromatic rings. The minimum absolute atomic E-state index is 0.00241. The third kappa shape index (κ3) is 2.48. The van der Waals surface area contributed by atoms with Gasteiger partial charge in [0.1, 0.15) is 0 Å². The first-order chi connectivity index (χ1) is 10.1. The zero-order valence-corrected chi connectivity index (χ0v) is 12.1. The zero-order chi connectivity index (χ0) is 15.0. The van der Waals surface area contributed by atoms with Crippen molar-refractivity contribution < 1.29 is 19.8 Å². The van der Waals surface area contributed by atoms with Crippen molar-refractivity contribution in [1.82, 2.24) is 4.90 Å². The summed E-state index contributed by atoms with van der Waals surface area (Å²) < 4.78 is 0. The minimum Gasteiger partial charge on any atom is -0.481 e. The van der Waals surface area contributed by atoms with Crippen molar-refractivity contribution >= 4 is 11.9 Å². The number of carbonyl (C=O) groups is 2. The Bertz CT molecular complexity index is 457. The molecule has 1 amide bonds. The van der Waals surface area contributed by atoms with Crippen LogP contribution < -0.4 is 0 Å². The van der Waals surface area contributed by atoms with E-state index in [0.29, 0.717) is 13.0 Å². The Labute approximate surface area is 124 Å². The molecule has 3 aliphatic carbocycles. The topological polar surface area (TPSA) is 77.8 Å². The molecular weight excluding hydrogens is 270 g/mol. The molecular formula is C16H23NO4. The molecule has 3 rings (SSSR count). The number of nitrogens with zero attached hydrogens (tertiary/aromatic N) is 1. The molecule has 3 aliphatic rings. The molecule has 0 aromatic heterocycles. The number of aliphatic hydroxyl groups excluding tert-OH is 1. The second kappa shape index (κ2) is 5.79. The lowest BCUT2D eigenvalue weighted by Crippen LogP contribution is -2.50. The van der Waals surface area contributed by atoms with E-state index in [1.807, 2.05) is 17.1 Å². The van der Waals surface area contributed by atoms with Crippen LogP contribution in [0.15, 0.2) is 12.2 Å². The van der Waals surface area contributed by atoms with Crippen LogP contribution in [0.4, 0.5) is 0 Å². The molecule has 2 fully saturated rings. The Kier molecular flexibility index (Phi) is 4.02. The number of hydrogen-bond donors (Lipinski definition) is 2. The second-order valence-electron chi connectivity index (χ2n) is 6.53. The van der Waals surface area contributed by atoms with Crippen molar-refractivity contribution in [2.24, 2.45) is 23.7 Å². The predicted molar refractivity (Wildman–Crippen MR) is 76.4 cm³/mol. The van der Waals surface area contributed by atoms with Crippen molar-refractivity contribution in [3.63, 3.8) is 0 Å². The van der Waals surface area contributed by atoms with E-state index in [4.69, 9.17) is 5.11 Å². The Balaban J connectivity index is 1.78. The fourth-order valence-corrected chi connectivity index (χ4v) is 4.10. The molecule has 2 N–H and O–H groups in total. The number of aliphatic hydroxyl groups is 1. The average molecular weight is 293 g/mol. The normalized spacial score (nSPS) is 34.0. The van der Waals surface area contributed by atoms with Crippen molar-refractivity contribution in [2.75, 3.05) is 13.2 Å². The van der Waals surface area contributed by atoms with Gasteiger partial charge >= 0.3 is 5.97 Å². The van der Waals surface area contributed by atoms with Crippen LogP contribution in [-0.4, -0.2) is 46.2 Å². The summed E-state index contributed by atoms with van der Waals surface area (Å²) in [5, 5.41) is 18.5. The van der Waals surface area contributed by atoms with Gasteiger partial charge in [0.05, 0.1) is 11.8 Å². The van der Waals surface area contributed by atoms with Crippen LogP contribution >= 0.6 is 0 Å². The molecule has 5 nitrogen and oxygen atoms in total. The second-order valence-corrected chi connectivity index (χ2v) is 6.53. The number of hydrogen-bond acceptors (Lipinski definition) is 3. The van der Waals surface area contributed by atoms with E-state index in [-0.39, 0.29) is 30.4 Å². The molecule has 2 saturated carbocycles. The number of amides is 1. The first-order valence-electron chi connectivity index (χ1n) is 7.96. The fraction of sp³-hybridized carbons (Fsp3) is 0.750. The van der Waals surface area contributed by atoms with Gasteiger partial charge in [0.2, 0.25) is 5.91 Å². The van der Waals surface area contributed by atoms with Gasteiger partial charge in [0.15, 0.2) is 0 Å². The number of carboxylic acid groups (broad SMARTS) is 1. The Morgan fingerprint density at radius 2 is 1.81 bits per heavy atom. The lowest BCUT2D eigenvalue weighted by atomic mass is 9.80. The average Bonchev–Trinajstić information content (AvgIpc) is 3.00. The van der Waals surface area contributed by atoms with E-state index in [1.54, 1.807) is 0 Å². The van der Waals surface area contributed by atoms with Crippen LogP contribution in [0, 0.1) is 23.7 Å². The summed E-state index contributed by atoms with van der Waals surface area (Å²) in [6.45, 7) is 0.611. The minimum atomic E-state index is -0.846. The first kappa shape index (κ1) is 14.6. The van der Waals surface area contributed by atoms with Crippen molar-refractivity contribution in [2.45, 2.75) is 38.1 Å². The molecule has 2 unspecified atom stereocenters. The van der Waals surface area contributed by atoms with E-state index >= 15 is 0 Å². The largest absolute Gasteiger partial charge is 0.481 e. The zero-order valence-electron chi connectivity index (χ0n) is 12.1. The molecule has 0 saturated heterocycles. The number of carboxylic acids is 1. The highest BCUT2D eigenvalue weighted by Crippen LogP contribution is 2.49. The molecule has 5 heteroatoms. The standard InChI is InChI=1S/C16H23NO4/c18-8-2-7-17(12-3-1-4-12)15(19)13-10-5-6-11(9-10)14(13)16(20)21/h5-6,10-14,18H,1-4,7-9H2,(H,20,21)/t10?,11?,13-,14+/m0/s1. The summed E-state index contributed by atoms with van der Waals surface area (Å²) >= 11 is 0. The smallest absolute Gasteiger partial charge is 0.307 e. The number of carbonyl (C=O) groups excluding carboxylic acids is 1. The van der Waals surface area contributed by atoms with Crippen LogP contribution in [0.25, 0.3) is 0 Å². The summed E-state index contributed by atoms with van der Waals surface area (Å²) in [7, 11) is 0. The van der Waals surface area contributed by atoms with Gasteiger partial charge in [0, 0.05) is 19.2 Å². The first-order valence-corrected chi connectivity index (χ1v) is 7.96. The highest BCUT2D eigenvalue weighted by molar-refractivity contribution is 5.87. The third-order valence-electron chi connectivity index (χ3n) is 5.39.